The second-order valence-corrected chi connectivity index (χ2v) is 8.72. The first-order chi connectivity index (χ1) is 17.9. The second kappa shape index (κ2) is 13.7. The van der Waals surface area contributed by atoms with E-state index >= 15 is 0 Å². The number of benzene rings is 2. The van der Waals surface area contributed by atoms with Crippen molar-refractivity contribution < 1.29 is 24.2 Å². The summed E-state index contributed by atoms with van der Waals surface area (Å²) in [5.41, 5.74) is 1.61. The Morgan fingerprint density at radius 2 is 1.68 bits per heavy atom. The van der Waals surface area contributed by atoms with Crippen molar-refractivity contribution in [3.05, 3.63) is 77.1 Å². The lowest BCUT2D eigenvalue weighted by molar-refractivity contribution is -0.129. The highest BCUT2D eigenvalue weighted by atomic mass is 16.5. The van der Waals surface area contributed by atoms with Gasteiger partial charge < -0.3 is 24.4 Å². The molecule has 1 amide bonds. The molecule has 0 spiro atoms. The van der Waals surface area contributed by atoms with Gasteiger partial charge in [0.25, 0.3) is 5.91 Å². The zero-order valence-electron chi connectivity index (χ0n) is 22.3. The molecule has 0 saturated carbocycles. The molecule has 37 heavy (non-hydrogen) atoms. The minimum Gasteiger partial charge on any atom is -0.503 e. The largest absolute Gasteiger partial charge is 0.503 e. The number of allylic oxidation sites excluding steroid dienone is 1. The van der Waals surface area contributed by atoms with E-state index < -0.39 is 23.5 Å². The molecular formula is C30H38N2O5. The van der Waals surface area contributed by atoms with Crippen molar-refractivity contribution in [3.8, 4) is 11.5 Å². The van der Waals surface area contributed by atoms with Gasteiger partial charge in [-0.1, -0.05) is 56.3 Å². The average molecular weight is 507 g/mol. The van der Waals surface area contributed by atoms with Crippen molar-refractivity contribution in [2.75, 3.05) is 39.4 Å². The van der Waals surface area contributed by atoms with Gasteiger partial charge in [0.05, 0.1) is 24.8 Å². The number of amides is 1. The first kappa shape index (κ1) is 28.0. The van der Waals surface area contributed by atoms with E-state index in [-0.39, 0.29) is 5.57 Å². The number of aliphatic hydroxyl groups is 1. The first-order valence-electron chi connectivity index (χ1n) is 13.1. The van der Waals surface area contributed by atoms with Crippen LogP contribution >= 0.6 is 0 Å². The monoisotopic (exact) mass is 506 g/mol. The van der Waals surface area contributed by atoms with E-state index in [1.54, 1.807) is 23.1 Å². The van der Waals surface area contributed by atoms with Gasteiger partial charge in [-0.2, -0.15) is 0 Å². The van der Waals surface area contributed by atoms with Crippen LogP contribution in [0.5, 0.6) is 11.5 Å². The Kier molecular flexibility index (Phi) is 10.3. The standard InChI is InChI=1S/C30H38N2O5/c1-5-31(6-2)19-12-20-32-28(23-16-18-25(36-7-3)26(21-23)37-8-4)27(29(34)30(32)35)24(33)17-15-22-13-10-9-11-14-22/h9-11,13-18,21,28,34H,5-8,12,19-20H2,1-4H3. The van der Waals surface area contributed by atoms with Crippen LogP contribution in [0.2, 0.25) is 0 Å². The normalized spacial score (nSPS) is 15.8. The molecule has 1 unspecified atom stereocenters. The summed E-state index contributed by atoms with van der Waals surface area (Å²) >= 11 is 0. The first-order valence-corrected chi connectivity index (χ1v) is 13.1. The summed E-state index contributed by atoms with van der Waals surface area (Å²) in [6, 6.07) is 14.1. The number of hydrogen-bond donors (Lipinski definition) is 1. The van der Waals surface area contributed by atoms with Crippen molar-refractivity contribution in [2.45, 2.75) is 40.2 Å². The van der Waals surface area contributed by atoms with Crippen LogP contribution < -0.4 is 9.47 Å². The van der Waals surface area contributed by atoms with E-state index in [0.29, 0.717) is 43.2 Å². The highest BCUT2D eigenvalue weighted by Crippen LogP contribution is 2.41. The minimum atomic E-state index is -0.730. The Bertz CT molecular complexity index is 1120. The molecule has 3 rings (SSSR count). The molecule has 0 bridgehead atoms. The number of ketones is 1. The van der Waals surface area contributed by atoms with Crippen LogP contribution in [0.1, 0.15) is 51.3 Å². The molecular weight excluding hydrogens is 468 g/mol. The molecule has 7 nitrogen and oxygen atoms in total. The molecule has 0 radical (unpaired) electrons. The van der Waals surface area contributed by atoms with Crippen LogP contribution in [-0.2, 0) is 9.59 Å². The van der Waals surface area contributed by atoms with E-state index in [0.717, 1.165) is 25.2 Å². The number of carbonyl (C=O) groups excluding carboxylic acids is 2. The van der Waals surface area contributed by atoms with Gasteiger partial charge in [0.1, 0.15) is 0 Å². The third-order valence-corrected chi connectivity index (χ3v) is 6.45. The fraction of sp³-hybridized carbons (Fsp3) is 0.400. The lowest BCUT2D eigenvalue weighted by Gasteiger charge is -2.28. The van der Waals surface area contributed by atoms with Crippen LogP contribution in [0, 0.1) is 0 Å². The van der Waals surface area contributed by atoms with Gasteiger partial charge >= 0.3 is 0 Å². The van der Waals surface area contributed by atoms with E-state index in [9.17, 15) is 14.7 Å². The number of ether oxygens (including phenoxy) is 2. The number of carbonyl (C=O) groups is 2. The number of nitrogens with zero attached hydrogens (tertiary/aromatic N) is 2. The van der Waals surface area contributed by atoms with Gasteiger partial charge in [-0.15, -0.1) is 0 Å². The lowest BCUT2D eigenvalue weighted by atomic mass is 9.95. The van der Waals surface area contributed by atoms with Gasteiger partial charge in [-0.05, 0) is 69.2 Å². The molecule has 0 aliphatic carbocycles. The van der Waals surface area contributed by atoms with Crippen LogP contribution in [0.3, 0.4) is 0 Å². The maximum Gasteiger partial charge on any atom is 0.290 e. The molecule has 198 valence electrons. The molecule has 1 heterocycles. The van der Waals surface area contributed by atoms with E-state index in [1.165, 1.54) is 6.08 Å². The molecule has 1 atom stereocenters. The minimum absolute atomic E-state index is 0.0756. The lowest BCUT2D eigenvalue weighted by Crippen LogP contribution is -2.34. The van der Waals surface area contributed by atoms with E-state index in [4.69, 9.17) is 9.47 Å². The SMILES string of the molecule is CCOc1ccc(C2C(C(=O)C=Cc3ccccc3)=C(O)C(=O)N2CCCN(CC)CC)cc1OCC. The van der Waals surface area contributed by atoms with Gasteiger partial charge in [0.15, 0.2) is 23.0 Å². The van der Waals surface area contributed by atoms with Crippen LogP contribution in [0.25, 0.3) is 6.08 Å². The molecule has 1 N–H and O–H groups in total. The van der Waals surface area contributed by atoms with Crippen molar-refractivity contribution in [3.63, 3.8) is 0 Å². The smallest absolute Gasteiger partial charge is 0.290 e. The predicted molar refractivity (Wildman–Crippen MR) is 146 cm³/mol. The third-order valence-electron chi connectivity index (χ3n) is 6.45. The van der Waals surface area contributed by atoms with Crippen molar-refractivity contribution >= 4 is 17.8 Å². The van der Waals surface area contributed by atoms with Crippen LogP contribution in [-0.4, -0.2) is 66.0 Å². The summed E-state index contributed by atoms with van der Waals surface area (Å²) in [5, 5.41) is 10.9. The van der Waals surface area contributed by atoms with Gasteiger partial charge in [0, 0.05) is 6.54 Å². The highest BCUT2D eigenvalue weighted by Gasteiger charge is 2.42. The van der Waals surface area contributed by atoms with Crippen LogP contribution in [0.15, 0.2) is 65.9 Å². The third kappa shape index (κ3) is 6.80. The Hall–Kier alpha value is -3.58. The topological polar surface area (TPSA) is 79.3 Å². The number of aliphatic hydroxyl groups excluding tert-OH is 1. The molecule has 2 aromatic carbocycles. The molecule has 2 aromatic rings. The highest BCUT2D eigenvalue weighted by molar-refractivity contribution is 6.14. The zero-order chi connectivity index (χ0) is 26.8. The molecule has 0 fully saturated rings. The summed E-state index contributed by atoms with van der Waals surface area (Å²) < 4.78 is 11.5. The maximum atomic E-state index is 13.4. The van der Waals surface area contributed by atoms with Crippen molar-refractivity contribution in [2.24, 2.45) is 0 Å². The fourth-order valence-electron chi connectivity index (χ4n) is 4.55. The maximum absolute atomic E-state index is 13.4. The van der Waals surface area contributed by atoms with Gasteiger partial charge in [-0.25, -0.2) is 0 Å². The molecule has 7 heteroatoms. The quantitative estimate of drug-likeness (QED) is 0.355. The summed E-state index contributed by atoms with van der Waals surface area (Å²) in [7, 11) is 0. The van der Waals surface area contributed by atoms with E-state index in [2.05, 4.69) is 18.7 Å². The Labute approximate surface area is 220 Å². The van der Waals surface area contributed by atoms with Crippen LogP contribution in [0.4, 0.5) is 0 Å². The Morgan fingerprint density at radius 3 is 2.32 bits per heavy atom. The summed E-state index contributed by atoms with van der Waals surface area (Å²) in [5.74, 6) is -0.306. The Morgan fingerprint density at radius 1 is 1.00 bits per heavy atom. The Balaban J connectivity index is 1.99. The fourth-order valence-corrected chi connectivity index (χ4v) is 4.55. The molecule has 1 aliphatic heterocycles. The second-order valence-electron chi connectivity index (χ2n) is 8.72. The molecule has 0 saturated heterocycles. The number of hydrogen-bond acceptors (Lipinski definition) is 6. The van der Waals surface area contributed by atoms with Crippen molar-refractivity contribution in [1.29, 1.82) is 0 Å². The van der Waals surface area contributed by atoms with Gasteiger partial charge in [-0.3, -0.25) is 9.59 Å². The zero-order valence-corrected chi connectivity index (χ0v) is 22.3. The molecule has 0 aromatic heterocycles. The predicted octanol–water partition coefficient (Wildman–Crippen LogP) is 5.19. The molecule has 1 aliphatic rings. The summed E-state index contributed by atoms with van der Waals surface area (Å²) in [6.07, 6.45) is 3.82. The summed E-state index contributed by atoms with van der Waals surface area (Å²) in [6.45, 7) is 12.0. The average Bonchev–Trinajstić information content (AvgIpc) is 3.16. The van der Waals surface area contributed by atoms with E-state index in [1.807, 2.05) is 50.2 Å². The number of rotatable bonds is 14. The van der Waals surface area contributed by atoms with Gasteiger partial charge in [0.2, 0.25) is 0 Å². The summed E-state index contributed by atoms with van der Waals surface area (Å²) in [4.78, 5) is 30.5. The van der Waals surface area contributed by atoms with Crippen molar-refractivity contribution in [1.82, 2.24) is 9.80 Å².